The molecule has 90 valence electrons. The summed E-state index contributed by atoms with van der Waals surface area (Å²) >= 11 is 0. The van der Waals surface area contributed by atoms with Gasteiger partial charge >= 0.3 is 0 Å². The minimum atomic E-state index is -0.913. The number of nitro benzene ring substituents is 1. The topological polar surface area (TPSA) is 81.2 Å². The molecule has 0 fully saturated rings. The monoisotopic (exact) mass is 235 g/mol. The van der Waals surface area contributed by atoms with Gasteiger partial charge in [0.25, 0.3) is 5.69 Å². The van der Waals surface area contributed by atoms with Crippen molar-refractivity contribution < 1.29 is 10.0 Å². The van der Waals surface area contributed by atoms with Gasteiger partial charge in [0.2, 0.25) is 0 Å². The van der Waals surface area contributed by atoms with Gasteiger partial charge in [0.05, 0.1) is 34.2 Å². The summed E-state index contributed by atoms with van der Waals surface area (Å²) in [6.45, 7) is 3.62. The molecule has 0 aliphatic carbocycles. The van der Waals surface area contributed by atoms with E-state index < -0.39 is 10.5 Å². The van der Waals surface area contributed by atoms with Crippen molar-refractivity contribution in [2.24, 2.45) is 0 Å². The molecule has 1 aromatic heterocycles. The highest BCUT2D eigenvalue weighted by Gasteiger charge is 2.19. The van der Waals surface area contributed by atoms with Crippen LogP contribution in [0.4, 0.5) is 5.69 Å². The molecular weight excluding hydrogens is 222 g/mol. The van der Waals surface area contributed by atoms with Crippen LogP contribution in [0.1, 0.15) is 13.8 Å². The van der Waals surface area contributed by atoms with Gasteiger partial charge in [0.15, 0.2) is 0 Å². The molecule has 1 N–H and O–H groups in total. The summed E-state index contributed by atoms with van der Waals surface area (Å²) in [7, 11) is 0. The third kappa shape index (κ3) is 2.26. The molecule has 0 radical (unpaired) electrons. The van der Waals surface area contributed by atoms with Crippen LogP contribution in [0.5, 0.6) is 0 Å². The van der Waals surface area contributed by atoms with Crippen LogP contribution >= 0.6 is 0 Å². The second kappa shape index (κ2) is 3.81. The maximum absolute atomic E-state index is 10.8. The van der Waals surface area contributed by atoms with E-state index in [1.165, 1.54) is 12.3 Å². The number of hydrogen-bond donors (Lipinski definition) is 1. The number of hydrogen-bond acceptors (Lipinski definition) is 4. The molecule has 2 aromatic rings. The number of rotatable bonds is 3. The molecule has 0 saturated heterocycles. The number of fused-ring (bicyclic) bond motifs is 1. The number of nitro groups is 1. The predicted molar refractivity (Wildman–Crippen MR) is 62.7 cm³/mol. The largest absolute Gasteiger partial charge is 0.389 e. The molecule has 2 rings (SSSR count). The van der Waals surface area contributed by atoms with E-state index in [1.807, 2.05) is 0 Å². The van der Waals surface area contributed by atoms with Crippen molar-refractivity contribution >= 4 is 16.6 Å². The zero-order valence-electron chi connectivity index (χ0n) is 9.62. The third-order valence-corrected chi connectivity index (χ3v) is 2.40. The second-order valence-corrected chi connectivity index (χ2v) is 4.58. The summed E-state index contributed by atoms with van der Waals surface area (Å²) in [4.78, 5) is 10.4. The first kappa shape index (κ1) is 11.5. The molecule has 0 amide bonds. The van der Waals surface area contributed by atoms with Crippen molar-refractivity contribution in [2.45, 2.75) is 26.0 Å². The first-order valence-corrected chi connectivity index (χ1v) is 5.20. The second-order valence-electron chi connectivity index (χ2n) is 4.58. The Morgan fingerprint density at radius 1 is 1.53 bits per heavy atom. The first-order chi connectivity index (χ1) is 7.88. The van der Waals surface area contributed by atoms with Gasteiger partial charge in [0.1, 0.15) is 0 Å². The molecule has 17 heavy (non-hydrogen) atoms. The summed E-state index contributed by atoms with van der Waals surface area (Å²) in [5, 5.41) is 25.1. The molecule has 0 atom stereocenters. The normalized spacial score (nSPS) is 11.9. The number of aliphatic hydroxyl groups is 1. The highest BCUT2D eigenvalue weighted by Crippen LogP contribution is 2.25. The van der Waals surface area contributed by atoms with Gasteiger partial charge in [-0.3, -0.25) is 14.8 Å². The van der Waals surface area contributed by atoms with Gasteiger partial charge in [-0.05, 0) is 19.9 Å². The van der Waals surface area contributed by atoms with Crippen molar-refractivity contribution in [1.29, 1.82) is 0 Å². The van der Waals surface area contributed by atoms with Gasteiger partial charge in [-0.25, -0.2) is 0 Å². The molecule has 0 aliphatic heterocycles. The molecular formula is C11H13N3O3. The fourth-order valence-corrected chi connectivity index (χ4v) is 1.74. The molecule has 6 heteroatoms. The van der Waals surface area contributed by atoms with Crippen LogP contribution in [0.15, 0.2) is 24.4 Å². The third-order valence-electron chi connectivity index (χ3n) is 2.40. The van der Waals surface area contributed by atoms with E-state index in [1.54, 1.807) is 30.7 Å². The molecule has 1 heterocycles. The SMILES string of the molecule is CC(C)(O)Cn1ncc2c([N+](=O)[O-])cccc21. The van der Waals surface area contributed by atoms with Crippen LogP contribution in [0.3, 0.4) is 0 Å². The molecule has 0 saturated carbocycles. The Labute approximate surface area is 97.6 Å². The van der Waals surface area contributed by atoms with Crippen LogP contribution in [0, 0.1) is 10.1 Å². The van der Waals surface area contributed by atoms with Crippen LogP contribution in [0.2, 0.25) is 0 Å². The van der Waals surface area contributed by atoms with Crippen LogP contribution < -0.4 is 0 Å². The van der Waals surface area contributed by atoms with Crippen molar-refractivity contribution in [3.05, 3.63) is 34.5 Å². The Bertz CT molecular complexity index is 569. The molecule has 0 spiro atoms. The van der Waals surface area contributed by atoms with Gasteiger partial charge in [0, 0.05) is 6.07 Å². The van der Waals surface area contributed by atoms with E-state index >= 15 is 0 Å². The number of nitrogens with zero attached hydrogens (tertiary/aromatic N) is 3. The number of aromatic nitrogens is 2. The molecule has 0 aliphatic rings. The number of non-ortho nitro benzene ring substituents is 1. The minimum Gasteiger partial charge on any atom is -0.389 e. The van der Waals surface area contributed by atoms with Crippen LogP contribution in [-0.4, -0.2) is 25.4 Å². The fraction of sp³-hybridized carbons (Fsp3) is 0.364. The zero-order chi connectivity index (χ0) is 12.6. The average molecular weight is 235 g/mol. The lowest BCUT2D eigenvalue weighted by molar-refractivity contribution is -0.383. The fourth-order valence-electron chi connectivity index (χ4n) is 1.74. The maximum atomic E-state index is 10.8. The van der Waals surface area contributed by atoms with Crippen molar-refractivity contribution in [3.63, 3.8) is 0 Å². The van der Waals surface area contributed by atoms with Gasteiger partial charge in [-0.15, -0.1) is 0 Å². The van der Waals surface area contributed by atoms with Crippen molar-refractivity contribution in [3.8, 4) is 0 Å². The van der Waals surface area contributed by atoms with Crippen LogP contribution in [0.25, 0.3) is 10.9 Å². The Hall–Kier alpha value is -1.95. The summed E-state index contributed by atoms with van der Waals surface area (Å²) in [6, 6.07) is 4.81. The minimum absolute atomic E-state index is 0.0319. The lowest BCUT2D eigenvalue weighted by atomic mass is 10.1. The lowest BCUT2D eigenvalue weighted by Crippen LogP contribution is -2.26. The van der Waals surface area contributed by atoms with Gasteiger partial charge in [-0.1, -0.05) is 6.07 Å². The molecule has 1 aromatic carbocycles. The quantitative estimate of drug-likeness (QED) is 0.648. The first-order valence-electron chi connectivity index (χ1n) is 5.20. The smallest absolute Gasteiger partial charge is 0.280 e. The Morgan fingerprint density at radius 3 is 2.82 bits per heavy atom. The van der Waals surface area contributed by atoms with Gasteiger partial charge in [-0.2, -0.15) is 5.10 Å². The van der Waals surface area contributed by atoms with E-state index in [-0.39, 0.29) is 12.2 Å². The van der Waals surface area contributed by atoms with E-state index in [2.05, 4.69) is 5.10 Å². The maximum Gasteiger partial charge on any atom is 0.280 e. The molecule has 6 nitrogen and oxygen atoms in total. The van der Waals surface area contributed by atoms with E-state index in [0.29, 0.717) is 10.9 Å². The molecule has 0 bridgehead atoms. The summed E-state index contributed by atoms with van der Waals surface area (Å²) in [5.41, 5.74) is -0.227. The van der Waals surface area contributed by atoms with E-state index in [4.69, 9.17) is 0 Å². The number of benzene rings is 1. The predicted octanol–water partition coefficient (Wildman–Crippen LogP) is 1.72. The standard InChI is InChI=1S/C11H13N3O3/c1-11(2,15)7-13-9-4-3-5-10(14(16)17)8(9)6-12-13/h3-6,15H,7H2,1-2H3. The van der Waals surface area contributed by atoms with Crippen molar-refractivity contribution in [2.75, 3.05) is 0 Å². The Morgan fingerprint density at radius 2 is 2.24 bits per heavy atom. The zero-order valence-corrected chi connectivity index (χ0v) is 9.62. The Kier molecular flexibility index (Phi) is 2.59. The van der Waals surface area contributed by atoms with Crippen LogP contribution in [-0.2, 0) is 6.54 Å². The highest BCUT2D eigenvalue weighted by atomic mass is 16.6. The molecule has 0 unspecified atom stereocenters. The van der Waals surface area contributed by atoms with E-state index in [0.717, 1.165) is 0 Å². The summed E-state index contributed by atoms with van der Waals surface area (Å²) < 4.78 is 1.57. The van der Waals surface area contributed by atoms with E-state index in [9.17, 15) is 15.2 Å². The average Bonchev–Trinajstić information content (AvgIpc) is 2.59. The Balaban J connectivity index is 2.55. The summed E-state index contributed by atoms with van der Waals surface area (Å²) in [5.74, 6) is 0. The lowest BCUT2D eigenvalue weighted by Gasteiger charge is -2.17. The van der Waals surface area contributed by atoms with Gasteiger partial charge < -0.3 is 5.11 Å². The highest BCUT2D eigenvalue weighted by molar-refractivity contribution is 5.87. The summed E-state index contributed by atoms with van der Waals surface area (Å²) in [6.07, 6.45) is 1.46. The van der Waals surface area contributed by atoms with Crippen molar-refractivity contribution in [1.82, 2.24) is 9.78 Å².